The highest BCUT2D eigenvalue weighted by molar-refractivity contribution is 8.00. The molecule has 4 rings (SSSR count). The van der Waals surface area contributed by atoms with Gasteiger partial charge in [-0.25, -0.2) is 4.98 Å². The van der Waals surface area contributed by atoms with Crippen LogP contribution < -0.4 is 0 Å². The number of nitrogens with zero attached hydrogens (tertiary/aromatic N) is 4. The maximum Gasteiger partial charge on any atom is 0.191 e. The molecule has 0 unspecified atom stereocenters. The van der Waals surface area contributed by atoms with Gasteiger partial charge in [-0.1, -0.05) is 86.8 Å². The lowest BCUT2D eigenvalue weighted by molar-refractivity contribution is -0.123. The average molecular weight is 469 g/mol. The van der Waals surface area contributed by atoms with Gasteiger partial charge >= 0.3 is 0 Å². The molecule has 2 heterocycles. The maximum absolute atomic E-state index is 12.4. The van der Waals surface area contributed by atoms with E-state index in [2.05, 4.69) is 33.0 Å². The number of benzene rings is 2. The van der Waals surface area contributed by atoms with Crippen molar-refractivity contribution in [3.63, 3.8) is 0 Å². The highest BCUT2D eigenvalue weighted by Gasteiger charge is 2.23. The Kier molecular flexibility index (Phi) is 6.79. The van der Waals surface area contributed by atoms with Crippen LogP contribution in [-0.4, -0.2) is 31.3 Å². The summed E-state index contributed by atoms with van der Waals surface area (Å²) in [6.45, 7) is 6.52. The first-order valence-corrected chi connectivity index (χ1v) is 12.8. The number of fused-ring (bicyclic) bond motifs is 1. The lowest BCUT2D eigenvalue weighted by atomic mass is 9.92. The van der Waals surface area contributed by atoms with Crippen molar-refractivity contribution in [2.45, 2.75) is 42.6 Å². The minimum Gasteiger partial charge on any atom is -0.301 e. The van der Waals surface area contributed by atoms with E-state index in [9.17, 15) is 4.79 Å². The number of carbonyl (C=O) groups excluding carboxylic acids is 1. The Balaban J connectivity index is 1.54. The van der Waals surface area contributed by atoms with Crippen molar-refractivity contribution < 1.29 is 4.79 Å². The molecule has 31 heavy (non-hydrogen) atoms. The molecule has 0 saturated heterocycles. The Hall–Kier alpha value is -2.16. The number of thiazole rings is 1. The third-order valence-electron chi connectivity index (χ3n) is 4.74. The van der Waals surface area contributed by atoms with Crippen LogP contribution in [0.4, 0.5) is 0 Å². The summed E-state index contributed by atoms with van der Waals surface area (Å²) in [5.74, 6) is 2.16. The zero-order chi connectivity index (χ0) is 21.8. The van der Waals surface area contributed by atoms with Crippen LogP contribution in [0, 0.1) is 5.41 Å². The topological polar surface area (TPSA) is 60.7 Å². The van der Waals surface area contributed by atoms with Crippen LogP contribution in [0.5, 0.6) is 0 Å². The Morgan fingerprint density at radius 3 is 2.48 bits per heavy atom. The van der Waals surface area contributed by atoms with Gasteiger partial charge in [-0.2, -0.15) is 0 Å². The van der Waals surface area contributed by atoms with Gasteiger partial charge < -0.3 is 4.57 Å². The van der Waals surface area contributed by atoms with Gasteiger partial charge in [0.05, 0.1) is 28.3 Å². The van der Waals surface area contributed by atoms with E-state index in [-0.39, 0.29) is 11.2 Å². The summed E-state index contributed by atoms with van der Waals surface area (Å²) in [5.41, 5.74) is 1.85. The molecular formula is C23H24N4OS3. The van der Waals surface area contributed by atoms with E-state index in [1.54, 1.807) is 23.1 Å². The van der Waals surface area contributed by atoms with Crippen LogP contribution in [-0.2, 0) is 17.1 Å². The number of carbonyl (C=O) groups is 1. The van der Waals surface area contributed by atoms with Gasteiger partial charge in [-0.05, 0) is 17.7 Å². The van der Waals surface area contributed by atoms with E-state index in [1.165, 1.54) is 22.0 Å². The van der Waals surface area contributed by atoms with Crippen molar-refractivity contribution in [1.29, 1.82) is 0 Å². The number of aromatic nitrogens is 4. The SMILES string of the molecule is CC(C)(C)C(=O)CSc1nnc(CSc2nc3ccccc3s2)n1Cc1ccccc1. The van der Waals surface area contributed by atoms with Crippen LogP contribution in [0.15, 0.2) is 64.1 Å². The number of Topliss-reactive ketones (excluding diaryl/α,β-unsaturated/α-hetero) is 1. The predicted octanol–water partition coefficient (Wildman–Crippen LogP) is 5.94. The highest BCUT2D eigenvalue weighted by atomic mass is 32.2. The van der Waals surface area contributed by atoms with E-state index in [0.717, 1.165) is 20.8 Å². The largest absolute Gasteiger partial charge is 0.301 e. The Morgan fingerprint density at radius 1 is 1.00 bits per heavy atom. The van der Waals surface area contributed by atoms with E-state index >= 15 is 0 Å². The molecule has 0 aliphatic rings. The summed E-state index contributed by atoms with van der Waals surface area (Å²) in [5, 5.41) is 9.65. The van der Waals surface area contributed by atoms with Gasteiger partial charge in [0.25, 0.3) is 0 Å². The second kappa shape index (κ2) is 9.54. The number of rotatable bonds is 8. The molecule has 0 aliphatic heterocycles. The van der Waals surface area contributed by atoms with E-state index < -0.39 is 0 Å². The van der Waals surface area contributed by atoms with Gasteiger partial charge in [-0.3, -0.25) is 4.79 Å². The van der Waals surface area contributed by atoms with Crippen molar-refractivity contribution in [2.75, 3.05) is 5.75 Å². The van der Waals surface area contributed by atoms with E-state index in [4.69, 9.17) is 4.98 Å². The van der Waals surface area contributed by atoms with E-state index in [1.807, 2.05) is 57.2 Å². The summed E-state index contributed by atoms with van der Waals surface area (Å²) in [4.78, 5) is 17.1. The van der Waals surface area contributed by atoms with Crippen LogP contribution >= 0.6 is 34.9 Å². The normalized spacial score (nSPS) is 11.8. The predicted molar refractivity (Wildman–Crippen MR) is 130 cm³/mol. The smallest absolute Gasteiger partial charge is 0.191 e. The van der Waals surface area contributed by atoms with Gasteiger partial charge in [-0.15, -0.1) is 21.5 Å². The third-order valence-corrected chi connectivity index (χ3v) is 7.89. The minimum atomic E-state index is -0.358. The van der Waals surface area contributed by atoms with Crippen molar-refractivity contribution >= 4 is 50.9 Å². The average Bonchev–Trinajstić information content (AvgIpc) is 3.34. The second-order valence-electron chi connectivity index (χ2n) is 8.17. The molecule has 0 amide bonds. The fourth-order valence-corrected chi connectivity index (χ4v) is 5.97. The number of thioether (sulfide) groups is 2. The number of hydrogen-bond acceptors (Lipinski definition) is 7. The molecule has 0 aliphatic carbocycles. The molecule has 2 aromatic heterocycles. The second-order valence-corrected chi connectivity index (χ2v) is 11.4. The first-order valence-electron chi connectivity index (χ1n) is 10.0. The number of para-hydroxylation sites is 1. The van der Waals surface area contributed by atoms with Gasteiger partial charge in [0.1, 0.15) is 11.6 Å². The fraction of sp³-hybridized carbons (Fsp3) is 0.304. The highest BCUT2D eigenvalue weighted by Crippen LogP contribution is 2.32. The standard InChI is InChI=1S/C23H24N4OS3/c1-23(2,3)19(28)14-29-21-26-25-20(27(21)13-16-9-5-4-6-10-16)15-30-22-24-17-11-7-8-12-18(17)31-22/h4-12H,13-15H2,1-3H3. The molecule has 0 radical (unpaired) electrons. The maximum atomic E-state index is 12.4. The summed E-state index contributed by atoms with van der Waals surface area (Å²) in [7, 11) is 0. The van der Waals surface area contributed by atoms with Crippen LogP contribution in [0.2, 0.25) is 0 Å². The lowest BCUT2D eigenvalue weighted by Gasteiger charge is -2.16. The first kappa shape index (κ1) is 22.0. The molecular weight excluding hydrogens is 444 g/mol. The fourth-order valence-electron chi connectivity index (χ4n) is 2.84. The van der Waals surface area contributed by atoms with Crippen molar-refractivity contribution in [3.8, 4) is 0 Å². The molecule has 0 spiro atoms. The zero-order valence-corrected chi connectivity index (χ0v) is 20.2. The van der Waals surface area contributed by atoms with Gasteiger partial charge in [0.2, 0.25) is 0 Å². The molecule has 0 saturated carbocycles. The lowest BCUT2D eigenvalue weighted by Crippen LogP contribution is -2.22. The van der Waals surface area contributed by atoms with E-state index in [0.29, 0.717) is 18.1 Å². The minimum absolute atomic E-state index is 0.206. The summed E-state index contributed by atoms with van der Waals surface area (Å²) in [6, 6.07) is 18.4. The molecule has 0 N–H and O–H groups in total. The summed E-state index contributed by atoms with van der Waals surface area (Å²) in [6.07, 6.45) is 0. The van der Waals surface area contributed by atoms with Crippen molar-refractivity contribution in [3.05, 3.63) is 66.0 Å². The van der Waals surface area contributed by atoms with Gasteiger partial charge in [0, 0.05) is 5.41 Å². The quantitative estimate of drug-likeness (QED) is 0.298. The Labute approximate surface area is 194 Å². The molecule has 160 valence electrons. The molecule has 4 aromatic rings. The van der Waals surface area contributed by atoms with Crippen LogP contribution in [0.3, 0.4) is 0 Å². The summed E-state index contributed by atoms with van der Waals surface area (Å²) < 4.78 is 4.33. The molecule has 2 aromatic carbocycles. The van der Waals surface area contributed by atoms with Crippen LogP contribution in [0.25, 0.3) is 10.2 Å². The van der Waals surface area contributed by atoms with Crippen molar-refractivity contribution in [1.82, 2.24) is 19.7 Å². The number of hydrogen-bond donors (Lipinski definition) is 0. The Morgan fingerprint density at radius 2 is 1.74 bits per heavy atom. The molecule has 5 nitrogen and oxygen atoms in total. The number of ketones is 1. The Bertz CT molecular complexity index is 1150. The molecule has 0 atom stereocenters. The zero-order valence-electron chi connectivity index (χ0n) is 17.7. The monoisotopic (exact) mass is 468 g/mol. The van der Waals surface area contributed by atoms with Crippen LogP contribution in [0.1, 0.15) is 32.2 Å². The molecule has 0 bridgehead atoms. The van der Waals surface area contributed by atoms with Crippen molar-refractivity contribution in [2.24, 2.45) is 5.41 Å². The summed E-state index contributed by atoms with van der Waals surface area (Å²) >= 11 is 4.83. The molecule has 8 heteroatoms. The first-order chi connectivity index (χ1) is 14.9. The third kappa shape index (κ3) is 5.56. The molecule has 0 fully saturated rings. The van der Waals surface area contributed by atoms with Gasteiger partial charge in [0.15, 0.2) is 9.50 Å².